The first-order valence-corrected chi connectivity index (χ1v) is 7.35. The summed E-state index contributed by atoms with van der Waals surface area (Å²) in [4.78, 5) is 0.241. The largest absolute Gasteiger partial charge is 0.330 e. The Hall–Kier alpha value is -1.52. The topological polar surface area (TPSA) is 43.1 Å². The van der Waals surface area contributed by atoms with E-state index in [4.69, 9.17) is 5.73 Å². The third kappa shape index (κ3) is 3.28. The highest BCUT2D eigenvalue weighted by atomic mass is 32.2. The molecule has 0 radical (unpaired) electrons. The summed E-state index contributed by atoms with van der Waals surface area (Å²) in [6.45, 7) is 0.416. The van der Waals surface area contributed by atoms with Gasteiger partial charge < -0.3 is 5.73 Å². The smallest absolute Gasteiger partial charge is 0.139 e. The Balaban J connectivity index is 2.35. The summed E-state index contributed by atoms with van der Waals surface area (Å²) in [5.41, 5.74) is 6.52. The van der Waals surface area contributed by atoms with E-state index < -0.39 is 16.6 Å². The van der Waals surface area contributed by atoms with E-state index in [2.05, 4.69) is 0 Å². The lowest BCUT2D eigenvalue weighted by Crippen LogP contribution is -2.13. The second-order valence-electron chi connectivity index (χ2n) is 4.20. The Morgan fingerprint density at radius 2 is 1.68 bits per heavy atom. The van der Waals surface area contributed by atoms with Gasteiger partial charge in [0, 0.05) is 0 Å². The van der Waals surface area contributed by atoms with Gasteiger partial charge in [-0.15, -0.1) is 0 Å². The van der Waals surface area contributed by atoms with Crippen LogP contribution in [0.25, 0.3) is 0 Å². The maximum atomic E-state index is 13.7. The zero-order valence-corrected chi connectivity index (χ0v) is 11.3. The molecule has 0 fully saturated rings. The fourth-order valence-corrected chi connectivity index (χ4v) is 3.51. The van der Waals surface area contributed by atoms with Crippen LogP contribution < -0.4 is 5.73 Å². The summed E-state index contributed by atoms with van der Waals surface area (Å²) in [7, 11) is -1.44. The van der Waals surface area contributed by atoms with Crippen molar-refractivity contribution in [1.82, 2.24) is 0 Å². The van der Waals surface area contributed by atoms with Gasteiger partial charge in [-0.1, -0.05) is 42.5 Å². The minimum absolute atomic E-state index is 0.241. The fourth-order valence-electron chi connectivity index (χ4n) is 1.98. The van der Waals surface area contributed by atoms with E-state index in [1.54, 1.807) is 18.2 Å². The van der Waals surface area contributed by atoms with Crippen molar-refractivity contribution in [3.8, 4) is 0 Å². The van der Waals surface area contributed by atoms with Crippen LogP contribution in [0.4, 0.5) is 4.39 Å². The first kappa shape index (κ1) is 13.9. The molecule has 0 bridgehead atoms. The monoisotopic (exact) mass is 277 g/mol. The number of hydrogen-bond acceptors (Lipinski definition) is 2. The van der Waals surface area contributed by atoms with Gasteiger partial charge in [0.1, 0.15) is 5.82 Å². The third-order valence-electron chi connectivity index (χ3n) is 2.91. The SMILES string of the molecule is NCCC(c1ccccc1)S(=O)c1ccccc1F. The molecule has 0 aliphatic heterocycles. The number of hydrogen-bond donors (Lipinski definition) is 1. The van der Waals surface area contributed by atoms with Crippen LogP contribution in [0.15, 0.2) is 59.5 Å². The molecular weight excluding hydrogens is 261 g/mol. The van der Waals surface area contributed by atoms with Crippen molar-refractivity contribution in [1.29, 1.82) is 0 Å². The molecule has 0 amide bonds. The van der Waals surface area contributed by atoms with Crippen LogP contribution in [0.3, 0.4) is 0 Å². The minimum atomic E-state index is -1.44. The third-order valence-corrected chi connectivity index (χ3v) is 4.70. The molecule has 2 rings (SSSR count). The predicted octanol–water partition coefficient (Wildman–Crippen LogP) is 3.02. The number of halogens is 1. The lowest BCUT2D eigenvalue weighted by Gasteiger charge is -2.16. The van der Waals surface area contributed by atoms with E-state index in [9.17, 15) is 8.60 Å². The molecule has 0 aliphatic carbocycles. The van der Waals surface area contributed by atoms with Crippen molar-refractivity contribution in [2.24, 2.45) is 5.73 Å². The van der Waals surface area contributed by atoms with Crippen molar-refractivity contribution in [2.75, 3.05) is 6.54 Å². The van der Waals surface area contributed by atoms with E-state index in [0.717, 1.165) is 5.56 Å². The van der Waals surface area contributed by atoms with E-state index in [-0.39, 0.29) is 10.1 Å². The van der Waals surface area contributed by atoms with Gasteiger partial charge in [0.25, 0.3) is 0 Å². The highest BCUT2D eigenvalue weighted by Gasteiger charge is 2.21. The van der Waals surface area contributed by atoms with Crippen LogP contribution in [0.1, 0.15) is 17.2 Å². The quantitative estimate of drug-likeness (QED) is 0.913. The van der Waals surface area contributed by atoms with E-state index in [0.29, 0.717) is 13.0 Å². The molecule has 2 unspecified atom stereocenters. The lowest BCUT2D eigenvalue weighted by molar-refractivity contribution is 0.592. The van der Waals surface area contributed by atoms with Crippen molar-refractivity contribution in [3.05, 3.63) is 66.0 Å². The summed E-state index contributed by atoms with van der Waals surface area (Å²) in [5.74, 6) is -0.432. The molecule has 0 heterocycles. The molecule has 2 nitrogen and oxygen atoms in total. The Bertz CT molecular complexity index is 559. The second kappa shape index (κ2) is 6.59. The van der Waals surface area contributed by atoms with Crippen molar-refractivity contribution < 1.29 is 8.60 Å². The zero-order valence-electron chi connectivity index (χ0n) is 10.5. The highest BCUT2D eigenvalue weighted by Crippen LogP contribution is 2.29. The van der Waals surface area contributed by atoms with Gasteiger partial charge in [-0.2, -0.15) is 0 Å². The molecule has 0 aliphatic rings. The first-order valence-electron chi connectivity index (χ1n) is 6.14. The number of nitrogens with two attached hydrogens (primary N) is 1. The van der Waals surface area contributed by atoms with Gasteiger partial charge in [-0.25, -0.2) is 4.39 Å². The van der Waals surface area contributed by atoms with E-state index >= 15 is 0 Å². The maximum Gasteiger partial charge on any atom is 0.139 e. The van der Waals surface area contributed by atoms with Crippen molar-refractivity contribution in [3.63, 3.8) is 0 Å². The second-order valence-corrected chi connectivity index (χ2v) is 5.81. The molecule has 0 spiro atoms. The summed E-state index contributed by atoms with van der Waals surface area (Å²) >= 11 is 0. The average molecular weight is 277 g/mol. The lowest BCUT2D eigenvalue weighted by atomic mass is 10.1. The standard InChI is InChI=1S/C15H16FNOS/c16-13-8-4-5-9-15(13)19(18)14(10-11-17)12-6-2-1-3-7-12/h1-9,14H,10-11,17H2. The van der Waals surface area contributed by atoms with Gasteiger partial charge in [0.05, 0.1) is 20.9 Å². The molecule has 2 N–H and O–H groups in total. The van der Waals surface area contributed by atoms with Crippen LogP contribution >= 0.6 is 0 Å². The average Bonchev–Trinajstić information content (AvgIpc) is 2.45. The molecule has 0 saturated carbocycles. The summed E-state index contributed by atoms with van der Waals surface area (Å²) in [5, 5.41) is -0.275. The van der Waals surface area contributed by atoms with Crippen molar-refractivity contribution in [2.45, 2.75) is 16.6 Å². The molecule has 2 aromatic carbocycles. The van der Waals surface area contributed by atoms with Crippen molar-refractivity contribution >= 4 is 10.8 Å². The predicted molar refractivity (Wildman–Crippen MR) is 75.7 cm³/mol. The van der Waals surface area contributed by atoms with Crippen LogP contribution in [0.5, 0.6) is 0 Å². The van der Waals surface area contributed by atoms with Crippen LogP contribution in [0, 0.1) is 5.82 Å². The van der Waals surface area contributed by atoms with Gasteiger partial charge >= 0.3 is 0 Å². The van der Waals surface area contributed by atoms with Gasteiger partial charge in [0.2, 0.25) is 0 Å². The molecule has 2 aromatic rings. The molecule has 0 aromatic heterocycles. The zero-order chi connectivity index (χ0) is 13.7. The molecule has 19 heavy (non-hydrogen) atoms. The minimum Gasteiger partial charge on any atom is -0.330 e. The molecule has 0 saturated heterocycles. The van der Waals surface area contributed by atoms with E-state index in [1.165, 1.54) is 6.07 Å². The van der Waals surface area contributed by atoms with Crippen LogP contribution in [-0.4, -0.2) is 10.8 Å². The number of rotatable bonds is 5. The summed E-state index contributed by atoms with van der Waals surface area (Å²) < 4.78 is 26.3. The Kier molecular flexibility index (Phi) is 4.82. The normalized spacial score (nSPS) is 14.0. The van der Waals surface area contributed by atoms with Gasteiger partial charge in [-0.3, -0.25) is 4.21 Å². The summed E-state index contributed by atoms with van der Waals surface area (Å²) in [6.07, 6.45) is 0.560. The summed E-state index contributed by atoms with van der Waals surface area (Å²) in [6, 6.07) is 15.7. The highest BCUT2D eigenvalue weighted by molar-refractivity contribution is 7.85. The first-order chi connectivity index (χ1) is 9.24. The molecule has 2 atom stereocenters. The van der Waals surface area contributed by atoms with Crippen LogP contribution in [0.2, 0.25) is 0 Å². The Labute approximate surface area is 114 Å². The number of benzene rings is 2. The van der Waals surface area contributed by atoms with Gasteiger partial charge in [-0.05, 0) is 30.7 Å². The maximum absolute atomic E-state index is 13.7. The van der Waals surface area contributed by atoms with Crippen LogP contribution in [-0.2, 0) is 10.8 Å². The fraction of sp³-hybridized carbons (Fsp3) is 0.200. The Morgan fingerprint density at radius 1 is 1.05 bits per heavy atom. The molecule has 4 heteroatoms. The molecule has 100 valence electrons. The Morgan fingerprint density at radius 3 is 2.32 bits per heavy atom. The molecular formula is C15H16FNOS. The van der Waals surface area contributed by atoms with Gasteiger partial charge in [0.15, 0.2) is 0 Å². The van der Waals surface area contributed by atoms with E-state index in [1.807, 2.05) is 30.3 Å².